The van der Waals surface area contributed by atoms with Gasteiger partial charge in [0.05, 0.1) is 17.1 Å². The van der Waals surface area contributed by atoms with E-state index in [-0.39, 0.29) is 5.91 Å². The molecule has 0 radical (unpaired) electrons. The van der Waals surface area contributed by atoms with Crippen molar-refractivity contribution in [1.82, 2.24) is 4.98 Å². The van der Waals surface area contributed by atoms with Crippen LogP contribution in [-0.2, 0) is 24.4 Å². The zero-order valence-electron chi connectivity index (χ0n) is 18.7. The molecule has 5 nitrogen and oxygen atoms in total. The minimum atomic E-state index is -0.156. The number of carbonyl (C=O) groups excluding carboxylic acids is 1. The molecule has 5 rings (SSSR count). The summed E-state index contributed by atoms with van der Waals surface area (Å²) < 4.78 is 5.77. The summed E-state index contributed by atoms with van der Waals surface area (Å²) in [4.78, 5) is 20.7. The number of hydrogen-bond donors (Lipinski definition) is 1. The highest BCUT2D eigenvalue weighted by atomic mass is 32.1. The van der Waals surface area contributed by atoms with E-state index in [2.05, 4.69) is 32.7 Å². The number of pyridine rings is 1. The summed E-state index contributed by atoms with van der Waals surface area (Å²) in [6, 6.07) is 23.6. The Bertz CT molecular complexity index is 1280. The molecule has 0 atom stereocenters. The molecule has 2 aromatic carbocycles. The van der Waals surface area contributed by atoms with Gasteiger partial charge in [-0.1, -0.05) is 30.3 Å². The number of carbonyl (C=O) groups is 1. The van der Waals surface area contributed by atoms with E-state index in [1.165, 1.54) is 10.4 Å². The molecule has 1 aliphatic heterocycles. The molecule has 0 aliphatic carbocycles. The Kier molecular flexibility index (Phi) is 6.68. The van der Waals surface area contributed by atoms with Crippen LogP contribution in [0.1, 0.15) is 21.7 Å². The third-order valence-electron chi connectivity index (χ3n) is 5.73. The Labute approximate surface area is 203 Å². The lowest BCUT2D eigenvalue weighted by molar-refractivity contribution is -0.111. The molecular weight excluding hydrogens is 442 g/mol. The van der Waals surface area contributed by atoms with Crippen molar-refractivity contribution < 1.29 is 9.53 Å². The second-order valence-corrected chi connectivity index (χ2v) is 9.06. The molecule has 1 aliphatic rings. The van der Waals surface area contributed by atoms with E-state index in [9.17, 15) is 4.79 Å². The number of ether oxygens (including phenoxy) is 1. The number of nitrogens with one attached hydrogen (secondary N) is 1. The monoisotopic (exact) mass is 467 g/mol. The Morgan fingerprint density at radius 2 is 1.91 bits per heavy atom. The fourth-order valence-electron chi connectivity index (χ4n) is 3.97. The van der Waals surface area contributed by atoms with Gasteiger partial charge in [0.15, 0.2) is 0 Å². The third kappa shape index (κ3) is 5.35. The maximum absolute atomic E-state index is 12.7. The second-order valence-electron chi connectivity index (χ2n) is 8.06. The van der Waals surface area contributed by atoms with Crippen molar-refractivity contribution >= 4 is 34.7 Å². The largest absolute Gasteiger partial charge is 0.487 e. The average Bonchev–Trinajstić information content (AvgIpc) is 3.36. The predicted octanol–water partition coefficient (Wildman–Crippen LogP) is 5.94. The van der Waals surface area contributed by atoms with Crippen LogP contribution in [0.2, 0.25) is 0 Å². The summed E-state index contributed by atoms with van der Waals surface area (Å²) in [5.74, 6) is 0.604. The van der Waals surface area contributed by atoms with Gasteiger partial charge in [0.1, 0.15) is 12.4 Å². The van der Waals surface area contributed by atoms with Crippen molar-refractivity contribution in [3.05, 3.63) is 112 Å². The standard InChI is InChI=1S/C28H25N3O2S/c32-28(13-10-21-8-11-24(12-9-21)33-20-23-5-3-4-16-29-23)30-25-6-1-2-7-26(25)31-17-14-27-22(19-31)15-18-34-27/h1-13,15-16,18H,14,17,19-20H2,(H,30,32)/b13-10+. The van der Waals surface area contributed by atoms with Crippen LogP contribution >= 0.6 is 11.3 Å². The Morgan fingerprint density at radius 3 is 2.76 bits per heavy atom. The Hall–Kier alpha value is -3.90. The first-order valence-electron chi connectivity index (χ1n) is 11.3. The molecule has 0 spiro atoms. The molecule has 1 N–H and O–H groups in total. The number of nitrogens with zero attached hydrogens (tertiary/aromatic N) is 2. The van der Waals surface area contributed by atoms with Gasteiger partial charge in [0.2, 0.25) is 5.91 Å². The van der Waals surface area contributed by atoms with Crippen molar-refractivity contribution in [3.63, 3.8) is 0 Å². The second kappa shape index (κ2) is 10.4. The summed E-state index contributed by atoms with van der Waals surface area (Å²) in [6.07, 6.45) is 6.16. The number of para-hydroxylation sites is 2. The highest BCUT2D eigenvalue weighted by Gasteiger charge is 2.19. The summed E-state index contributed by atoms with van der Waals surface area (Å²) >= 11 is 1.83. The molecule has 1 amide bonds. The van der Waals surface area contributed by atoms with Gasteiger partial charge in [-0.25, -0.2) is 0 Å². The highest BCUT2D eigenvalue weighted by Crippen LogP contribution is 2.32. The van der Waals surface area contributed by atoms with Gasteiger partial charge in [-0.15, -0.1) is 11.3 Å². The van der Waals surface area contributed by atoms with Crippen molar-refractivity contribution in [2.45, 2.75) is 19.6 Å². The Morgan fingerprint density at radius 1 is 1.06 bits per heavy atom. The number of hydrogen-bond acceptors (Lipinski definition) is 5. The number of anilines is 2. The molecule has 6 heteroatoms. The molecule has 0 saturated carbocycles. The first-order valence-corrected chi connectivity index (χ1v) is 12.1. The van der Waals surface area contributed by atoms with Crippen LogP contribution in [0.3, 0.4) is 0 Å². The van der Waals surface area contributed by atoms with Crippen LogP contribution in [-0.4, -0.2) is 17.4 Å². The summed E-state index contributed by atoms with van der Waals surface area (Å²) in [5, 5.41) is 5.21. The molecule has 3 heterocycles. The number of rotatable bonds is 7. The number of fused-ring (bicyclic) bond motifs is 1. The molecular formula is C28H25N3O2S. The number of aromatic nitrogens is 1. The first-order chi connectivity index (χ1) is 16.7. The smallest absolute Gasteiger partial charge is 0.248 e. The minimum absolute atomic E-state index is 0.156. The van der Waals surface area contributed by atoms with Crippen LogP contribution in [0.25, 0.3) is 6.08 Å². The van der Waals surface area contributed by atoms with Crippen LogP contribution < -0.4 is 15.0 Å². The van der Waals surface area contributed by atoms with Crippen LogP contribution in [0.4, 0.5) is 11.4 Å². The van der Waals surface area contributed by atoms with Crippen molar-refractivity contribution in [2.24, 2.45) is 0 Å². The number of thiophene rings is 1. The van der Waals surface area contributed by atoms with E-state index in [4.69, 9.17) is 4.74 Å². The topological polar surface area (TPSA) is 54.5 Å². The summed E-state index contributed by atoms with van der Waals surface area (Å²) in [5.41, 5.74) is 5.06. The van der Waals surface area contributed by atoms with E-state index >= 15 is 0 Å². The quantitative estimate of drug-likeness (QED) is 0.342. The fourth-order valence-corrected chi connectivity index (χ4v) is 4.86. The maximum atomic E-state index is 12.7. The lowest BCUT2D eigenvalue weighted by Crippen LogP contribution is -2.30. The molecule has 34 heavy (non-hydrogen) atoms. The van der Waals surface area contributed by atoms with E-state index in [0.717, 1.165) is 47.9 Å². The lowest BCUT2D eigenvalue weighted by atomic mass is 10.1. The lowest BCUT2D eigenvalue weighted by Gasteiger charge is -2.30. The minimum Gasteiger partial charge on any atom is -0.487 e. The molecule has 4 aromatic rings. The van der Waals surface area contributed by atoms with Crippen molar-refractivity contribution in [1.29, 1.82) is 0 Å². The molecule has 0 fully saturated rings. The summed E-state index contributed by atoms with van der Waals surface area (Å²) in [6.45, 7) is 2.24. The maximum Gasteiger partial charge on any atom is 0.248 e. The van der Waals surface area contributed by atoms with Gasteiger partial charge in [-0.05, 0) is 71.5 Å². The fraction of sp³-hybridized carbons (Fsp3) is 0.143. The third-order valence-corrected chi connectivity index (χ3v) is 6.75. The van der Waals surface area contributed by atoms with Crippen molar-refractivity contribution in [3.8, 4) is 5.75 Å². The van der Waals surface area contributed by atoms with Gasteiger partial charge in [-0.3, -0.25) is 9.78 Å². The predicted molar refractivity (Wildman–Crippen MR) is 138 cm³/mol. The van der Waals surface area contributed by atoms with Crippen LogP contribution in [0.5, 0.6) is 5.75 Å². The molecule has 0 bridgehead atoms. The number of benzene rings is 2. The van der Waals surface area contributed by atoms with Gasteiger partial charge in [0, 0.05) is 30.2 Å². The number of amides is 1. The SMILES string of the molecule is O=C(/C=C/c1ccc(OCc2ccccn2)cc1)Nc1ccccc1N1CCc2sccc2C1. The van der Waals surface area contributed by atoms with Crippen molar-refractivity contribution in [2.75, 3.05) is 16.8 Å². The van der Waals surface area contributed by atoms with Crippen LogP contribution in [0, 0.1) is 0 Å². The Balaban J connectivity index is 1.19. The van der Waals surface area contributed by atoms with E-state index in [1.54, 1.807) is 18.3 Å². The molecule has 170 valence electrons. The van der Waals surface area contributed by atoms with Gasteiger partial charge < -0.3 is 15.0 Å². The molecule has 2 aromatic heterocycles. The van der Waals surface area contributed by atoms with E-state index in [0.29, 0.717) is 6.61 Å². The van der Waals surface area contributed by atoms with Gasteiger partial charge >= 0.3 is 0 Å². The normalized spacial score (nSPS) is 13.0. The average molecular weight is 468 g/mol. The molecule has 0 unspecified atom stereocenters. The zero-order chi connectivity index (χ0) is 23.2. The van der Waals surface area contributed by atoms with Crippen LogP contribution in [0.15, 0.2) is 90.4 Å². The van der Waals surface area contributed by atoms with Gasteiger partial charge in [0.25, 0.3) is 0 Å². The van der Waals surface area contributed by atoms with E-state index < -0.39 is 0 Å². The molecule has 0 saturated heterocycles. The van der Waals surface area contributed by atoms with Gasteiger partial charge in [-0.2, -0.15) is 0 Å². The highest BCUT2D eigenvalue weighted by molar-refractivity contribution is 7.10. The first kappa shape index (κ1) is 21.9. The zero-order valence-corrected chi connectivity index (χ0v) is 19.5. The van der Waals surface area contributed by atoms with E-state index in [1.807, 2.05) is 72.0 Å². The summed E-state index contributed by atoms with van der Waals surface area (Å²) in [7, 11) is 0.